The molecule has 0 aromatic rings. The van der Waals surface area contributed by atoms with Crippen LogP contribution in [0.2, 0.25) is 0 Å². The first-order chi connectivity index (χ1) is 6.91. The van der Waals surface area contributed by atoms with Crippen molar-refractivity contribution >= 4 is 11.9 Å². The molecule has 1 atom stereocenters. The minimum Gasteiger partial charge on any atom is -0.480 e. The van der Waals surface area contributed by atoms with Crippen LogP contribution in [0.25, 0.3) is 0 Å². The van der Waals surface area contributed by atoms with Gasteiger partial charge in [0, 0.05) is 13.1 Å². The topological polar surface area (TPSA) is 60.9 Å². The van der Waals surface area contributed by atoms with E-state index >= 15 is 0 Å². The van der Waals surface area contributed by atoms with E-state index in [1.54, 1.807) is 16.8 Å². The van der Waals surface area contributed by atoms with E-state index < -0.39 is 12.0 Å². The maximum Gasteiger partial charge on any atom is 0.322 e. The van der Waals surface area contributed by atoms with Crippen LogP contribution in [0, 0.1) is 5.92 Å². The molecule has 0 aliphatic carbocycles. The molecule has 0 bridgehead atoms. The molecule has 5 nitrogen and oxygen atoms in total. The number of carboxylic acid groups (broad SMARTS) is 1. The lowest BCUT2D eigenvalue weighted by atomic mass is 10.1. The Hall–Kier alpha value is -1.10. The van der Waals surface area contributed by atoms with Crippen molar-refractivity contribution in [2.24, 2.45) is 5.92 Å². The molecule has 1 N–H and O–H groups in total. The number of carboxylic acids is 1. The summed E-state index contributed by atoms with van der Waals surface area (Å²) in [4.78, 5) is 25.7. The van der Waals surface area contributed by atoms with Gasteiger partial charge in [-0.3, -0.25) is 14.5 Å². The Morgan fingerprint density at radius 2 is 2.20 bits per heavy atom. The Bertz CT molecular complexity index is 265. The summed E-state index contributed by atoms with van der Waals surface area (Å²) >= 11 is 0. The van der Waals surface area contributed by atoms with Gasteiger partial charge in [-0.25, -0.2) is 0 Å². The van der Waals surface area contributed by atoms with Crippen molar-refractivity contribution in [3.8, 4) is 0 Å². The van der Waals surface area contributed by atoms with Crippen LogP contribution in [-0.4, -0.2) is 59.5 Å². The number of hydrogen-bond acceptors (Lipinski definition) is 3. The fourth-order valence-corrected chi connectivity index (χ4v) is 1.76. The summed E-state index contributed by atoms with van der Waals surface area (Å²) in [5, 5.41) is 8.97. The van der Waals surface area contributed by atoms with Gasteiger partial charge in [0.25, 0.3) is 0 Å². The summed E-state index contributed by atoms with van der Waals surface area (Å²) in [5.74, 6) is -0.478. The molecule has 1 amide bonds. The minimum absolute atomic E-state index is 0.0173. The van der Waals surface area contributed by atoms with Crippen LogP contribution in [0.15, 0.2) is 0 Å². The number of amides is 1. The predicted octanol–water partition coefficient (Wildman–Crippen LogP) is -0.130. The lowest BCUT2D eigenvalue weighted by Crippen LogP contribution is -2.58. The highest BCUT2D eigenvalue weighted by Gasteiger charge is 2.34. The Kier molecular flexibility index (Phi) is 3.68. The number of hydrogen-bond donors (Lipinski definition) is 1. The molecule has 1 unspecified atom stereocenters. The van der Waals surface area contributed by atoms with E-state index in [1.807, 2.05) is 13.8 Å². The third-order valence-electron chi connectivity index (χ3n) is 2.53. The zero-order valence-electron chi connectivity index (χ0n) is 9.43. The molecule has 1 heterocycles. The van der Waals surface area contributed by atoms with E-state index in [1.165, 1.54) is 0 Å². The molecule has 1 aliphatic heterocycles. The second kappa shape index (κ2) is 4.61. The van der Waals surface area contributed by atoms with Gasteiger partial charge in [0.15, 0.2) is 0 Å². The molecule has 1 fully saturated rings. The average molecular weight is 214 g/mol. The Labute approximate surface area is 89.7 Å². The Balaban J connectivity index is 2.67. The maximum atomic E-state index is 11.6. The van der Waals surface area contributed by atoms with Crippen LogP contribution in [-0.2, 0) is 9.59 Å². The molecule has 0 aromatic heterocycles. The Morgan fingerprint density at radius 3 is 2.67 bits per heavy atom. The lowest BCUT2D eigenvalue weighted by Gasteiger charge is -2.37. The van der Waals surface area contributed by atoms with Gasteiger partial charge < -0.3 is 10.0 Å². The van der Waals surface area contributed by atoms with Crippen LogP contribution in [0.5, 0.6) is 0 Å². The number of carbonyl (C=O) groups is 2. The number of rotatable bonds is 3. The average Bonchev–Trinajstić information content (AvgIpc) is 2.08. The molecule has 1 saturated heterocycles. The van der Waals surface area contributed by atoms with Gasteiger partial charge in [0.05, 0.1) is 6.54 Å². The zero-order valence-corrected chi connectivity index (χ0v) is 9.43. The van der Waals surface area contributed by atoms with Crippen molar-refractivity contribution in [3.63, 3.8) is 0 Å². The largest absolute Gasteiger partial charge is 0.480 e. The van der Waals surface area contributed by atoms with Crippen molar-refractivity contribution in [1.29, 1.82) is 0 Å². The molecule has 15 heavy (non-hydrogen) atoms. The van der Waals surface area contributed by atoms with Crippen LogP contribution < -0.4 is 0 Å². The van der Waals surface area contributed by atoms with Gasteiger partial charge in [0.1, 0.15) is 6.04 Å². The van der Waals surface area contributed by atoms with E-state index in [4.69, 9.17) is 5.11 Å². The van der Waals surface area contributed by atoms with Crippen LogP contribution in [0.3, 0.4) is 0 Å². The van der Waals surface area contributed by atoms with E-state index in [-0.39, 0.29) is 12.5 Å². The number of nitrogens with zero attached hydrogens (tertiary/aromatic N) is 2. The molecule has 1 aliphatic rings. The standard InChI is InChI=1S/C10H18N2O3/c1-7(2)4-12-5-8(10(14)15)11(3)6-9(12)13/h7-8H,4-6H2,1-3H3,(H,14,15). The quantitative estimate of drug-likeness (QED) is 0.711. The first-order valence-corrected chi connectivity index (χ1v) is 5.12. The second-order valence-electron chi connectivity index (χ2n) is 4.46. The van der Waals surface area contributed by atoms with Crippen molar-refractivity contribution in [2.45, 2.75) is 19.9 Å². The molecule has 0 radical (unpaired) electrons. The van der Waals surface area contributed by atoms with Gasteiger partial charge in [-0.2, -0.15) is 0 Å². The van der Waals surface area contributed by atoms with Gasteiger partial charge in [-0.1, -0.05) is 13.8 Å². The third kappa shape index (κ3) is 2.92. The molecule has 5 heteroatoms. The number of likely N-dealkylation sites (N-methyl/N-ethyl adjacent to an activating group) is 1. The highest BCUT2D eigenvalue weighted by Crippen LogP contribution is 2.11. The number of piperazine rings is 1. The summed E-state index contributed by atoms with van der Waals surface area (Å²) in [7, 11) is 1.67. The van der Waals surface area contributed by atoms with Crippen molar-refractivity contribution in [2.75, 3.05) is 26.7 Å². The molecular weight excluding hydrogens is 196 g/mol. The van der Waals surface area contributed by atoms with E-state index in [9.17, 15) is 9.59 Å². The third-order valence-corrected chi connectivity index (χ3v) is 2.53. The smallest absolute Gasteiger partial charge is 0.322 e. The van der Waals surface area contributed by atoms with Crippen molar-refractivity contribution in [3.05, 3.63) is 0 Å². The monoisotopic (exact) mass is 214 g/mol. The van der Waals surface area contributed by atoms with Gasteiger partial charge in [-0.15, -0.1) is 0 Å². The zero-order chi connectivity index (χ0) is 11.6. The molecule has 0 aromatic carbocycles. The molecule has 0 saturated carbocycles. The predicted molar refractivity (Wildman–Crippen MR) is 55.5 cm³/mol. The normalized spacial score (nSPS) is 23.6. The second-order valence-corrected chi connectivity index (χ2v) is 4.46. The van der Waals surface area contributed by atoms with Gasteiger partial charge in [0.2, 0.25) is 5.91 Å². The minimum atomic E-state index is -0.862. The maximum absolute atomic E-state index is 11.6. The van der Waals surface area contributed by atoms with E-state index in [0.29, 0.717) is 19.0 Å². The fourth-order valence-electron chi connectivity index (χ4n) is 1.76. The van der Waals surface area contributed by atoms with Crippen molar-refractivity contribution in [1.82, 2.24) is 9.80 Å². The molecule has 1 rings (SSSR count). The fraction of sp³-hybridized carbons (Fsp3) is 0.800. The molecular formula is C10H18N2O3. The lowest BCUT2D eigenvalue weighted by molar-refractivity contribution is -0.151. The summed E-state index contributed by atoms with van der Waals surface area (Å²) in [6, 6.07) is -0.568. The van der Waals surface area contributed by atoms with Crippen molar-refractivity contribution < 1.29 is 14.7 Å². The molecule has 0 spiro atoms. The summed E-state index contributed by atoms with van der Waals surface area (Å²) in [6.45, 7) is 5.16. The number of aliphatic carboxylic acids is 1. The van der Waals surface area contributed by atoms with Gasteiger partial charge in [-0.05, 0) is 13.0 Å². The summed E-state index contributed by atoms with van der Waals surface area (Å²) < 4.78 is 0. The number of carbonyl (C=O) groups excluding carboxylic acids is 1. The van der Waals surface area contributed by atoms with Crippen LogP contribution in [0.4, 0.5) is 0 Å². The first-order valence-electron chi connectivity index (χ1n) is 5.12. The van der Waals surface area contributed by atoms with E-state index in [0.717, 1.165) is 0 Å². The van der Waals surface area contributed by atoms with Gasteiger partial charge >= 0.3 is 5.97 Å². The van der Waals surface area contributed by atoms with E-state index in [2.05, 4.69) is 0 Å². The summed E-state index contributed by atoms with van der Waals surface area (Å²) in [5.41, 5.74) is 0. The van der Waals surface area contributed by atoms with Crippen LogP contribution in [0.1, 0.15) is 13.8 Å². The highest BCUT2D eigenvalue weighted by atomic mass is 16.4. The first kappa shape index (κ1) is 12.0. The SMILES string of the molecule is CC(C)CN1CC(C(=O)O)N(C)CC1=O. The Morgan fingerprint density at radius 1 is 1.60 bits per heavy atom. The summed E-state index contributed by atoms with van der Waals surface area (Å²) in [6.07, 6.45) is 0. The molecule has 86 valence electrons. The van der Waals surface area contributed by atoms with Crippen LogP contribution >= 0.6 is 0 Å². The highest BCUT2D eigenvalue weighted by molar-refractivity contribution is 5.83.